The summed E-state index contributed by atoms with van der Waals surface area (Å²) in [6.45, 7) is 5.87. The molecule has 0 bridgehead atoms. The molecule has 0 spiro atoms. The van der Waals surface area contributed by atoms with Gasteiger partial charge in [-0.05, 0) is 62.2 Å². The quantitative estimate of drug-likeness (QED) is 0.591. The van der Waals surface area contributed by atoms with Gasteiger partial charge in [0.2, 0.25) is 0 Å². The van der Waals surface area contributed by atoms with E-state index in [9.17, 15) is 19.8 Å². The van der Waals surface area contributed by atoms with Crippen molar-refractivity contribution in [1.82, 2.24) is 4.57 Å². The van der Waals surface area contributed by atoms with Gasteiger partial charge in [0, 0.05) is 28.9 Å². The summed E-state index contributed by atoms with van der Waals surface area (Å²) >= 11 is 0. The van der Waals surface area contributed by atoms with Crippen LogP contribution in [-0.2, 0) is 6.42 Å². The number of benzene rings is 2. The minimum Gasteiger partial charge on any atom is -0.478 e. The lowest BCUT2D eigenvalue weighted by atomic mass is 10.1. The highest BCUT2D eigenvalue weighted by Gasteiger charge is 2.15. The largest absolute Gasteiger partial charge is 0.478 e. The number of nitrogens with zero attached hydrogens (tertiary/aromatic N) is 2. The number of rotatable bonds is 6. The monoisotopic (exact) mass is 390 g/mol. The molecule has 0 unspecified atom stereocenters. The predicted octanol–water partition coefficient (Wildman–Crippen LogP) is 4.80. The number of aromatic nitrogens is 1. The molecule has 1 heterocycles. The van der Waals surface area contributed by atoms with Crippen molar-refractivity contribution < 1.29 is 19.8 Å². The molecule has 3 aromatic rings. The fraction of sp³-hybridized carbons (Fsp3) is 0.174. The molecule has 0 aliphatic rings. The second-order valence-corrected chi connectivity index (χ2v) is 6.82. The highest BCUT2D eigenvalue weighted by molar-refractivity contribution is 5.95. The zero-order chi connectivity index (χ0) is 21.1. The maximum atomic E-state index is 11.4. The molecule has 1 aromatic heterocycles. The van der Waals surface area contributed by atoms with Gasteiger partial charge in [-0.25, -0.2) is 9.59 Å². The van der Waals surface area contributed by atoms with Gasteiger partial charge in [-0.1, -0.05) is 19.1 Å². The molecule has 0 amide bonds. The number of carboxylic acids is 2. The van der Waals surface area contributed by atoms with E-state index < -0.39 is 11.9 Å². The minimum atomic E-state index is -1.17. The van der Waals surface area contributed by atoms with Gasteiger partial charge in [0.05, 0.1) is 16.8 Å². The Morgan fingerprint density at radius 1 is 0.966 bits per heavy atom. The van der Waals surface area contributed by atoms with Crippen molar-refractivity contribution in [2.24, 2.45) is 4.99 Å². The molecule has 3 rings (SSSR count). The van der Waals surface area contributed by atoms with Crippen LogP contribution < -0.4 is 0 Å². The zero-order valence-corrected chi connectivity index (χ0v) is 16.5. The lowest BCUT2D eigenvalue weighted by molar-refractivity contribution is 0.0696. The first-order valence-corrected chi connectivity index (χ1v) is 9.24. The maximum Gasteiger partial charge on any atom is 0.335 e. The lowest BCUT2D eigenvalue weighted by Crippen LogP contribution is -2.07. The summed E-state index contributed by atoms with van der Waals surface area (Å²) in [4.78, 5) is 27.4. The van der Waals surface area contributed by atoms with E-state index in [2.05, 4.69) is 11.9 Å². The Labute approximate surface area is 168 Å². The van der Waals surface area contributed by atoms with Crippen molar-refractivity contribution in [3.63, 3.8) is 0 Å². The van der Waals surface area contributed by atoms with Gasteiger partial charge in [-0.3, -0.25) is 4.99 Å². The third kappa shape index (κ3) is 4.27. The molecule has 0 saturated carbocycles. The number of hydrogen-bond donors (Lipinski definition) is 2. The van der Waals surface area contributed by atoms with Crippen LogP contribution in [-0.4, -0.2) is 32.9 Å². The second kappa shape index (κ2) is 8.14. The van der Waals surface area contributed by atoms with Crippen LogP contribution in [0.25, 0.3) is 5.69 Å². The summed E-state index contributed by atoms with van der Waals surface area (Å²) in [6.07, 6.45) is 2.73. The first-order chi connectivity index (χ1) is 13.8. The molecule has 0 radical (unpaired) electrons. The van der Waals surface area contributed by atoms with E-state index in [4.69, 9.17) is 0 Å². The average Bonchev–Trinajstić information content (AvgIpc) is 2.99. The van der Waals surface area contributed by atoms with Crippen LogP contribution in [0.2, 0.25) is 0 Å². The van der Waals surface area contributed by atoms with E-state index in [1.165, 1.54) is 17.7 Å². The highest BCUT2D eigenvalue weighted by Crippen LogP contribution is 2.23. The maximum absolute atomic E-state index is 11.4. The first kappa shape index (κ1) is 20.1. The van der Waals surface area contributed by atoms with Crippen LogP contribution in [0, 0.1) is 13.8 Å². The summed E-state index contributed by atoms with van der Waals surface area (Å²) < 4.78 is 1.83. The molecule has 0 aliphatic carbocycles. The normalized spacial score (nSPS) is 11.1. The predicted molar refractivity (Wildman–Crippen MR) is 112 cm³/mol. The number of hydrogen-bond acceptors (Lipinski definition) is 3. The molecule has 29 heavy (non-hydrogen) atoms. The van der Waals surface area contributed by atoms with Crippen LogP contribution in [0.15, 0.2) is 53.5 Å². The third-order valence-corrected chi connectivity index (χ3v) is 4.84. The molecule has 0 aliphatic heterocycles. The number of carboxylic acid groups (broad SMARTS) is 2. The number of aliphatic imine (C=N–C) groups is 1. The number of aromatic carboxylic acids is 2. The molecule has 6 heteroatoms. The van der Waals surface area contributed by atoms with E-state index >= 15 is 0 Å². The molecule has 0 saturated heterocycles. The molecule has 2 N–H and O–H groups in total. The molecular formula is C23H22N2O4. The summed E-state index contributed by atoms with van der Waals surface area (Å²) in [6, 6.07) is 14.0. The molecule has 0 fully saturated rings. The average molecular weight is 390 g/mol. The molecule has 2 aromatic carbocycles. The van der Waals surface area contributed by atoms with Crippen LogP contribution in [0.5, 0.6) is 0 Å². The van der Waals surface area contributed by atoms with Gasteiger partial charge < -0.3 is 14.8 Å². The fourth-order valence-corrected chi connectivity index (χ4v) is 3.26. The Kier molecular flexibility index (Phi) is 5.64. The van der Waals surface area contributed by atoms with Crippen LogP contribution in [0.3, 0.4) is 0 Å². The Balaban J connectivity index is 2.02. The Bertz CT molecular complexity index is 1080. The second-order valence-electron chi connectivity index (χ2n) is 6.82. The van der Waals surface area contributed by atoms with Gasteiger partial charge >= 0.3 is 11.9 Å². The van der Waals surface area contributed by atoms with Gasteiger partial charge in [0.25, 0.3) is 0 Å². The Morgan fingerprint density at radius 3 is 2.07 bits per heavy atom. The smallest absolute Gasteiger partial charge is 0.335 e. The van der Waals surface area contributed by atoms with Crippen LogP contribution in [0.1, 0.15) is 50.2 Å². The van der Waals surface area contributed by atoms with E-state index in [-0.39, 0.29) is 11.1 Å². The van der Waals surface area contributed by atoms with E-state index in [1.807, 2.05) is 48.7 Å². The summed E-state index contributed by atoms with van der Waals surface area (Å²) in [5.74, 6) is -2.34. The van der Waals surface area contributed by atoms with Crippen molar-refractivity contribution in [2.75, 3.05) is 0 Å². The molecule has 6 nitrogen and oxygen atoms in total. The third-order valence-electron chi connectivity index (χ3n) is 4.84. The van der Waals surface area contributed by atoms with Gasteiger partial charge in [-0.15, -0.1) is 0 Å². The van der Waals surface area contributed by atoms with Crippen molar-refractivity contribution >= 4 is 23.8 Å². The van der Waals surface area contributed by atoms with Crippen molar-refractivity contribution in [3.05, 3.63) is 82.2 Å². The summed E-state index contributed by atoms with van der Waals surface area (Å²) in [7, 11) is 0. The zero-order valence-electron chi connectivity index (χ0n) is 16.5. The SMILES string of the molecule is CCc1ccc(N=Cc2cc(C)n(-c3cc(C(=O)O)cc(C(=O)O)c3)c2C)cc1. The van der Waals surface area contributed by atoms with Gasteiger partial charge in [0.15, 0.2) is 0 Å². The standard InChI is InChI=1S/C23H22N2O4/c1-4-16-5-7-20(8-6-16)24-13-19-9-14(2)25(15(19)3)21-11-17(22(26)27)10-18(12-21)23(28)29/h5-13H,4H2,1-3H3,(H,26,27)(H,28,29). The lowest BCUT2D eigenvalue weighted by Gasteiger charge is -2.12. The Morgan fingerprint density at radius 2 is 1.55 bits per heavy atom. The highest BCUT2D eigenvalue weighted by atomic mass is 16.4. The van der Waals surface area contributed by atoms with Crippen molar-refractivity contribution in [1.29, 1.82) is 0 Å². The van der Waals surface area contributed by atoms with Crippen molar-refractivity contribution in [3.8, 4) is 5.69 Å². The molecular weight excluding hydrogens is 368 g/mol. The fourth-order valence-electron chi connectivity index (χ4n) is 3.26. The van der Waals surface area contributed by atoms with E-state index in [0.717, 1.165) is 35.1 Å². The van der Waals surface area contributed by atoms with Gasteiger partial charge in [0.1, 0.15) is 0 Å². The molecule has 0 atom stereocenters. The Hall–Kier alpha value is -3.67. The van der Waals surface area contributed by atoms with Crippen molar-refractivity contribution in [2.45, 2.75) is 27.2 Å². The first-order valence-electron chi connectivity index (χ1n) is 9.24. The number of carbonyl (C=O) groups is 2. The number of aryl methyl sites for hydroxylation is 2. The van der Waals surface area contributed by atoms with E-state index in [1.54, 1.807) is 6.21 Å². The summed E-state index contributed by atoms with van der Waals surface area (Å²) in [5.41, 5.74) is 5.00. The van der Waals surface area contributed by atoms with Gasteiger partial charge in [-0.2, -0.15) is 0 Å². The van der Waals surface area contributed by atoms with E-state index in [0.29, 0.717) is 5.69 Å². The molecule has 148 valence electrons. The minimum absolute atomic E-state index is 0.0707. The topological polar surface area (TPSA) is 91.9 Å². The van der Waals surface area contributed by atoms with Crippen LogP contribution >= 0.6 is 0 Å². The van der Waals surface area contributed by atoms with Crippen LogP contribution in [0.4, 0.5) is 5.69 Å². The summed E-state index contributed by atoms with van der Waals surface area (Å²) in [5, 5.41) is 18.7.